The molecule has 2 aromatic heterocycles. The van der Waals surface area contributed by atoms with Crippen LogP contribution in [0.1, 0.15) is 39.8 Å². The van der Waals surface area contributed by atoms with Crippen molar-refractivity contribution in [2.45, 2.75) is 25.8 Å². The maximum atomic E-state index is 13.2. The zero-order valence-electron chi connectivity index (χ0n) is 18.2. The molecule has 1 fully saturated rings. The summed E-state index contributed by atoms with van der Waals surface area (Å²) in [6, 6.07) is 7.72. The highest BCUT2D eigenvalue weighted by Crippen LogP contribution is 2.45. The van der Waals surface area contributed by atoms with Gasteiger partial charge in [0.25, 0.3) is 5.91 Å². The number of thiophene rings is 1. The van der Waals surface area contributed by atoms with Gasteiger partial charge in [0.1, 0.15) is 9.71 Å². The zero-order valence-corrected chi connectivity index (χ0v) is 19.0. The van der Waals surface area contributed by atoms with Gasteiger partial charge >= 0.3 is 12.1 Å². The Morgan fingerprint density at radius 1 is 1.26 bits per heavy atom. The maximum absolute atomic E-state index is 13.2. The summed E-state index contributed by atoms with van der Waals surface area (Å²) in [5.41, 5.74) is 1.95. The minimum absolute atomic E-state index is 0.113. The number of carbonyl (C=O) groups is 4. The molecule has 1 saturated heterocycles. The van der Waals surface area contributed by atoms with Crippen LogP contribution in [-0.4, -0.2) is 57.9 Å². The van der Waals surface area contributed by atoms with E-state index in [9.17, 15) is 24.3 Å². The first-order chi connectivity index (χ1) is 16.3. The maximum Gasteiger partial charge on any atom is 0.407 e. The Morgan fingerprint density at radius 2 is 2.09 bits per heavy atom. The van der Waals surface area contributed by atoms with Gasteiger partial charge in [-0.2, -0.15) is 0 Å². The summed E-state index contributed by atoms with van der Waals surface area (Å²) in [6.07, 6.45) is 1.90. The number of hydrogen-bond acceptors (Lipinski definition) is 6. The SMILES string of the molecule is CC(=O)c1cccc(N2C(=O)Nc3c(C(=O)NC4CCCN(C(=O)O)C4)sc4nccc2c34)c1. The third-order valence-corrected chi connectivity index (χ3v) is 7.09. The van der Waals surface area contributed by atoms with Gasteiger partial charge in [-0.1, -0.05) is 12.1 Å². The topological polar surface area (TPSA) is 132 Å². The predicted octanol–water partition coefficient (Wildman–Crippen LogP) is 4.05. The van der Waals surface area contributed by atoms with Crippen LogP contribution < -0.4 is 15.5 Å². The van der Waals surface area contributed by atoms with E-state index in [4.69, 9.17) is 0 Å². The van der Waals surface area contributed by atoms with Crippen molar-refractivity contribution < 1.29 is 24.3 Å². The summed E-state index contributed by atoms with van der Waals surface area (Å²) in [5, 5.41) is 15.6. The number of ketones is 1. The number of Topliss-reactive ketones (excluding diaryl/α,β-unsaturated/α-hetero) is 1. The van der Waals surface area contributed by atoms with Gasteiger partial charge in [-0.3, -0.25) is 14.5 Å². The van der Waals surface area contributed by atoms with Crippen LogP contribution >= 0.6 is 11.3 Å². The Morgan fingerprint density at radius 3 is 2.85 bits per heavy atom. The fourth-order valence-corrected chi connectivity index (χ4v) is 5.41. The van der Waals surface area contributed by atoms with Crippen LogP contribution in [0.3, 0.4) is 0 Å². The molecule has 11 heteroatoms. The Bertz CT molecular complexity index is 1350. The lowest BCUT2D eigenvalue weighted by molar-refractivity contribution is 0.0893. The van der Waals surface area contributed by atoms with E-state index < -0.39 is 12.1 Å². The predicted molar refractivity (Wildman–Crippen MR) is 127 cm³/mol. The number of amides is 4. The lowest BCUT2D eigenvalue weighted by Crippen LogP contribution is -2.49. The van der Waals surface area contributed by atoms with Crippen molar-refractivity contribution in [2.75, 3.05) is 23.3 Å². The van der Waals surface area contributed by atoms with E-state index in [0.717, 1.165) is 0 Å². The zero-order chi connectivity index (χ0) is 24.0. The second-order valence-corrected chi connectivity index (χ2v) is 9.23. The van der Waals surface area contributed by atoms with Gasteiger partial charge < -0.3 is 20.6 Å². The highest BCUT2D eigenvalue weighted by atomic mass is 32.1. The normalized spacial score (nSPS) is 17.4. The van der Waals surface area contributed by atoms with E-state index >= 15 is 0 Å². The summed E-state index contributed by atoms with van der Waals surface area (Å²) in [7, 11) is 0. The first-order valence-electron chi connectivity index (χ1n) is 10.8. The van der Waals surface area contributed by atoms with Crippen LogP contribution in [0, 0.1) is 0 Å². The van der Waals surface area contributed by atoms with Gasteiger partial charge in [-0.15, -0.1) is 11.3 Å². The molecule has 0 spiro atoms. The van der Waals surface area contributed by atoms with Crippen LogP contribution in [-0.2, 0) is 0 Å². The van der Waals surface area contributed by atoms with Gasteiger partial charge in [-0.25, -0.2) is 14.6 Å². The van der Waals surface area contributed by atoms with Gasteiger partial charge in [0.05, 0.1) is 22.4 Å². The highest BCUT2D eigenvalue weighted by Gasteiger charge is 2.34. The number of pyridine rings is 1. The van der Waals surface area contributed by atoms with Crippen LogP contribution in [0.25, 0.3) is 10.2 Å². The molecule has 0 saturated carbocycles. The number of likely N-dealkylation sites (tertiary alicyclic amines) is 1. The Labute approximate surface area is 198 Å². The molecule has 0 bridgehead atoms. The molecule has 10 nitrogen and oxygen atoms in total. The first-order valence-corrected chi connectivity index (χ1v) is 11.6. The molecular weight excluding hydrogens is 458 g/mol. The van der Waals surface area contributed by atoms with Crippen molar-refractivity contribution in [1.29, 1.82) is 0 Å². The van der Waals surface area contributed by atoms with E-state index in [2.05, 4.69) is 15.6 Å². The van der Waals surface area contributed by atoms with E-state index in [1.807, 2.05) is 0 Å². The summed E-state index contributed by atoms with van der Waals surface area (Å²) in [4.78, 5) is 57.5. The van der Waals surface area contributed by atoms with Crippen LogP contribution in [0.5, 0.6) is 0 Å². The lowest BCUT2D eigenvalue weighted by Gasteiger charge is -2.31. The molecule has 4 amide bonds. The highest BCUT2D eigenvalue weighted by molar-refractivity contribution is 7.21. The molecule has 0 aliphatic carbocycles. The number of piperidine rings is 1. The summed E-state index contributed by atoms with van der Waals surface area (Å²) in [6.45, 7) is 2.13. The number of nitrogens with zero attached hydrogens (tertiary/aromatic N) is 3. The molecule has 1 unspecified atom stereocenters. The van der Waals surface area contributed by atoms with Crippen molar-refractivity contribution in [3.8, 4) is 0 Å². The fourth-order valence-electron chi connectivity index (χ4n) is 4.38. The standard InChI is InChI=1S/C23H21N5O5S/c1-12(29)13-4-2-6-15(10-13)28-16-7-8-24-21-17(16)18(26-22(28)31)19(34-21)20(30)25-14-5-3-9-27(11-14)23(32)33/h2,4,6-8,10,14H,3,5,9,11H2,1H3,(H,25,30)(H,26,31)(H,32,33). The average Bonchev–Trinajstić information content (AvgIpc) is 3.19. The summed E-state index contributed by atoms with van der Waals surface area (Å²) < 4.78 is 0. The fraction of sp³-hybridized carbons (Fsp3) is 0.261. The van der Waals surface area contributed by atoms with Gasteiger partial charge in [0.15, 0.2) is 5.78 Å². The molecule has 174 valence electrons. The molecule has 4 heterocycles. The largest absolute Gasteiger partial charge is 0.465 e. The number of nitrogens with one attached hydrogen (secondary N) is 2. The number of carbonyl (C=O) groups excluding carboxylic acids is 3. The first kappa shape index (κ1) is 21.8. The Kier molecular flexibility index (Phi) is 5.40. The van der Waals surface area contributed by atoms with Crippen LogP contribution in [0.2, 0.25) is 0 Å². The van der Waals surface area contributed by atoms with Crippen molar-refractivity contribution in [1.82, 2.24) is 15.2 Å². The molecular formula is C23H21N5O5S. The second-order valence-electron chi connectivity index (χ2n) is 8.23. The number of urea groups is 1. The molecule has 3 aromatic rings. The second kappa shape index (κ2) is 8.41. The van der Waals surface area contributed by atoms with Gasteiger partial charge in [0.2, 0.25) is 0 Å². The number of rotatable bonds is 4. The van der Waals surface area contributed by atoms with Crippen molar-refractivity contribution in [3.63, 3.8) is 0 Å². The van der Waals surface area contributed by atoms with Crippen molar-refractivity contribution in [3.05, 3.63) is 47.0 Å². The Balaban J connectivity index is 1.50. The lowest BCUT2D eigenvalue weighted by atomic mass is 10.1. The van der Waals surface area contributed by atoms with Gasteiger partial charge in [0, 0.05) is 30.9 Å². The van der Waals surface area contributed by atoms with E-state index in [1.54, 1.807) is 36.5 Å². The van der Waals surface area contributed by atoms with Gasteiger partial charge in [-0.05, 0) is 38.0 Å². The van der Waals surface area contributed by atoms with Crippen molar-refractivity contribution in [2.24, 2.45) is 0 Å². The number of carboxylic acid groups (broad SMARTS) is 1. The van der Waals surface area contributed by atoms with E-state index in [1.165, 1.54) is 28.1 Å². The number of anilines is 3. The molecule has 1 aromatic carbocycles. The summed E-state index contributed by atoms with van der Waals surface area (Å²) >= 11 is 1.17. The third-order valence-electron chi connectivity index (χ3n) is 5.99. The quantitative estimate of drug-likeness (QED) is 0.484. The molecule has 34 heavy (non-hydrogen) atoms. The summed E-state index contributed by atoms with van der Waals surface area (Å²) in [5.74, 6) is -0.494. The number of benzene rings is 1. The average molecular weight is 480 g/mol. The Hall–Kier alpha value is -3.99. The minimum atomic E-state index is -1.01. The molecule has 3 N–H and O–H groups in total. The van der Waals surface area contributed by atoms with Crippen molar-refractivity contribution >= 4 is 62.4 Å². The molecule has 5 rings (SSSR count). The minimum Gasteiger partial charge on any atom is -0.465 e. The van der Waals surface area contributed by atoms with Crippen LogP contribution in [0.4, 0.5) is 26.7 Å². The monoisotopic (exact) mass is 479 g/mol. The molecule has 2 aliphatic rings. The number of hydrogen-bond donors (Lipinski definition) is 3. The van der Waals surface area contributed by atoms with E-state index in [0.29, 0.717) is 57.1 Å². The molecule has 0 radical (unpaired) electrons. The third kappa shape index (κ3) is 3.73. The van der Waals surface area contributed by atoms with Crippen LogP contribution in [0.15, 0.2) is 36.5 Å². The number of aromatic nitrogens is 1. The molecule has 1 atom stereocenters. The molecule has 2 aliphatic heterocycles. The smallest absolute Gasteiger partial charge is 0.407 e. The van der Waals surface area contributed by atoms with E-state index in [-0.39, 0.29) is 24.3 Å².